The lowest BCUT2D eigenvalue weighted by molar-refractivity contribution is -0.384. The Labute approximate surface area is 135 Å². The van der Waals surface area contributed by atoms with Gasteiger partial charge >= 0.3 is 0 Å². The van der Waals surface area contributed by atoms with Crippen molar-refractivity contribution in [2.45, 2.75) is 0 Å². The molecule has 0 bridgehead atoms. The van der Waals surface area contributed by atoms with Gasteiger partial charge in [-0.05, 0) is 34.1 Å². The molecule has 0 aliphatic carbocycles. The summed E-state index contributed by atoms with van der Waals surface area (Å²) in [5.74, 6) is -0.197. The number of nitro benzene ring substituents is 1. The number of nitrogens with one attached hydrogen (secondary N) is 2. The van der Waals surface area contributed by atoms with Crippen molar-refractivity contribution in [3.63, 3.8) is 0 Å². The first-order valence-electron chi connectivity index (χ1n) is 6.59. The smallest absolute Gasteiger partial charge is 0.292 e. The van der Waals surface area contributed by atoms with Crippen LogP contribution in [-0.4, -0.2) is 23.9 Å². The lowest BCUT2D eigenvalue weighted by Gasteiger charge is -2.09. The fourth-order valence-corrected chi connectivity index (χ4v) is 2.36. The van der Waals surface area contributed by atoms with E-state index in [1.54, 1.807) is 36.4 Å². The highest BCUT2D eigenvalue weighted by molar-refractivity contribution is 9.10. The average molecular weight is 364 g/mol. The van der Waals surface area contributed by atoms with Gasteiger partial charge in [0.05, 0.1) is 10.5 Å². The molecule has 2 rings (SSSR count). The number of nitro groups is 1. The second kappa shape index (κ2) is 7.56. The lowest BCUT2D eigenvalue weighted by atomic mass is 10.2. The maximum Gasteiger partial charge on any atom is 0.292 e. The van der Waals surface area contributed by atoms with Crippen LogP contribution in [0.3, 0.4) is 0 Å². The van der Waals surface area contributed by atoms with Gasteiger partial charge in [-0.2, -0.15) is 0 Å². The summed E-state index contributed by atoms with van der Waals surface area (Å²) in [6.07, 6.45) is 0. The van der Waals surface area contributed by atoms with E-state index >= 15 is 0 Å². The number of carbonyl (C=O) groups is 1. The Hall–Kier alpha value is -2.41. The molecule has 0 aliphatic rings. The first-order valence-corrected chi connectivity index (χ1v) is 7.39. The SMILES string of the molecule is O=C(NCCNc1ccccc1[N+](=O)[O-])c1ccccc1Br. The van der Waals surface area contributed by atoms with E-state index < -0.39 is 4.92 Å². The van der Waals surface area contributed by atoms with Gasteiger partial charge in [0.25, 0.3) is 11.6 Å². The largest absolute Gasteiger partial charge is 0.378 e. The van der Waals surface area contributed by atoms with E-state index in [1.165, 1.54) is 6.07 Å². The van der Waals surface area contributed by atoms with Crippen molar-refractivity contribution in [1.82, 2.24) is 5.32 Å². The minimum Gasteiger partial charge on any atom is -0.378 e. The van der Waals surface area contributed by atoms with E-state index in [0.29, 0.717) is 24.3 Å². The summed E-state index contributed by atoms with van der Waals surface area (Å²) in [5, 5.41) is 16.6. The molecule has 0 spiro atoms. The average Bonchev–Trinajstić information content (AvgIpc) is 2.52. The highest BCUT2D eigenvalue weighted by Gasteiger charge is 2.12. The highest BCUT2D eigenvalue weighted by Crippen LogP contribution is 2.22. The number of rotatable bonds is 6. The Kier molecular flexibility index (Phi) is 5.48. The van der Waals surface area contributed by atoms with E-state index in [1.807, 2.05) is 6.07 Å². The molecule has 7 heteroatoms. The monoisotopic (exact) mass is 363 g/mol. The van der Waals surface area contributed by atoms with Crippen LogP contribution in [-0.2, 0) is 0 Å². The molecule has 114 valence electrons. The number of benzene rings is 2. The minimum absolute atomic E-state index is 0.0135. The molecular formula is C15H14BrN3O3. The van der Waals surface area contributed by atoms with Gasteiger partial charge in [-0.1, -0.05) is 24.3 Å². The van der Waals surface area contributed by atoms with Gasteiger partial charge in [-0.15, -0.1) is 0 Å². The van der Waals surface area contributed by atoms with Crippen LogP contribution in [0, 0.1) is 10.1 Å². The number of hydrogen-bond acceptors (Lipinski definition) is 4. The first-order chi connectivity index (χ1) is 10.6. The van der Waals surface area contributed by atoms with Crippen LogP contribution in [0.5, 0.6) is 0 Å². The third-order valence-electron chi connectivity index (χ3n) is 2.95. The molecule has 2 N–H and O–H groups in total. The van der Waals surface area contributed by atoms with Crippen LogP contribution in [0.25, 0.3) is 0 Å². The highest BCUT2D eigenvalue weighted by atomic mass is 79.9. The van der Waals surface area contributed by atoms with Crippen LogP contribution in [0.15, 0.2) is 53.0 Å². The summed E-state index contributed by atoms with van der Waals surface area (Å²) in [5.41, 5.74) is 0.996. The third kappa shape index (κ3) is 4.05. The summed E-state index contributed by atoms with van der Waals surface area (Å²) in [6.45, 7) is 0.743. The maximum absolute atomic E-state index is 12.0. The molecule has 0 aromatic heterocycles. The standard InChI is InChI=1S/C15H14BrN3O3/c16-12-6-2-1-5-11(12)15(20)18-10-9-17-13-7-3-4-8-14(13)19(21)22/h1-8,17H,9-10H2,(H,18,20). The predicted molar refractivity (Wildman–Crippen MR) is 88.1 cm³/mol. The second-order valence-electron chi connectivity index (χ2n) is 4.44. The number of amides is 1. The molecule has 6 nitrogen and oxygen atoms in total. The zero-order valence-corrected chi connectivity index (χ0v) is 13.2. The quantitative estimate of drug-likeness (QED) is 0.468. The molecule has 0 saturated heterocycles. The van der Waals surface area contributed by atoms with Gasteiger partial charge in [-0.25, -0.2) is 0 Å². The molecule has 0 unspecified atom stereocenters. The molecule has 0 saturated carbocycles. The number of halogens is 1. The van der Waals surface area contributed by atoms with Gasteiger partial charge in [0.2, 0.25) is 0 Å². The lowest BCUT2D eigenvalue weighted by Crippen LogP contribution is -2.29. The van der Waals surface area contributed by atoms with Crippen LogP contribution < -0.4 is 10.6 Å². The number of nitrogens with zero attached hydrogens (tertiary/aromatic N) is 1. The molecule has 2 aromatic carbocycles. The Morgan fingerprint density at radius 3 is 2.50 bits per heavy atom. The van der Waals surface area contributed by atoms with Gasteiger partial charge in [0.1, 0.15) is 5.69 Å². The molecule has 0 fully saturated rings. The summed E-state index contributed by atoms with van der Waals surface area (Å²) in [4.78, 5) is 22.4. The van der Waals surface area contributed by atoms with Crippen LogP contribution in [0.4, 0.5) is 11.4 Å². The molecular weight excluding hydrogens is 350 g/mol. The van der Waals surface area contributed by atoms with E-state index in [4.69, 9.17) is 0 Å². The number of hydrogen-bond donors (Lipinski definition) is 2. The van der Waals surface area contributed by atoms with E-state index in [9.17, 15) is 14.9 Å². The Balaban J connectivity index is 1.87. The number of para-hydroxylation sites is 2. The third-order valence-corrected chi connectivity index (χ3v) is 3.64. The van der Waals surface area contributed by atoms with E-state index in [2.05, 4.69) is 26.6 Å². The maximum atomic E-state index is 12.0. The van der Waals surface area contributed by atoms with Crippen molar-refractivity contribution >= 4 is 33.2 Å². The van der Waals surface area contributed by atoms with Crippen molar-refractivity contribution in [3.05, 3.63) is 68.7 Å². The molecule has 0 atom stereocenters. The molecule has 0 radical (unpaired) electrons. The summed E-state index contributed by atoms with van der Waals surface area (Å²) in [6, 6.07) is 13.5. The normalized spacial score (nSPS) is 10.0. The summed E-state index contributed by atoms with van der Waals surface area (Å²) >= 11 is 3.32. The van der Waals surface area contributed by atoms with Crippen LogP contribution in [0.2, 0.25) is 0 Å². The number of anilines is 1. The summed E-state index contributed by atoms with van der Waals surface area (Å²) in [7, 11) is 0. The van der Waals surface area contributed by atoms with Gasteiger partial charge in [0.15, 0.2) is 0 Å². The molecule has 22 heavy (non-hydrogen) atoms. The Morgan fingerprint density at radius 1 is 1.09 bits per heavy atom. The van der Waals surface area contributed by atoms with Gasteiger partial charge in [0, 0.05) is 23.6 Å². The zero-order valence-electron chi connectivity index (χ0n) is 11.6. The van der Waals surface area contributed by atoms with Crippen molar-refractivity contribution in [2.24, 2.45) is 0 Å². The molecule has 2 aromatic rings. The first kappa shape index (κ1) is 16.0. The number of carbonyl (C=O) groups excluding carboxylic acids is 1. The van der Waals surface area contributed by atoms with Crippen molar-refractivity contribution in [3.8, 4) is 0 Å². The fraction of sp³-hybridized carbons (Fsp3) is 0.133. The second-order valence-corrected chi connectivity index (χ2v) is 5.29. The van der Waals surface area contributed by atoms with Crippen LogP contribution >= 0.6 is 15.9 Å². The Morgan fingerprint density at radius 2 is 1.77 bits per heavy atom. The Bertz CT molecular complexity index is 691. The van der Waals surface area contributed by atoms with Crippen molar-refractivity contribution < 1.29 is 9.72 Å². The zero-order chi connectivity index (χ0) is 15.9. The fourth-order valence-electron chi connectivity index (χ4n) is 1.90. The minimum atomic E-state index is -0.442. The van der Waals surface area contributed by atoms with Crippen LogP contribution in [0.1, 0.15) is 10.4 Å². The van der Waals surface area contributed by atoms with E-state index in [-0.39, 0.29) is 11.6 Å². The van der Waals surface area contributed by atoms with Gasteiger partial charge in [-0.3, -0.25) is 14.9 Å². The molecule has 0 heterocycles. The van der Waals surface area contributed by atoms with Crippen molar-refractivity contribution in [1.29, 1.82) is 0 Å². The van der Waals surface area contributed by atoms with E-state index in [0.717, 1.165) is 4.47 Å². The predicted octanol–water partition coefficient (Wildman–Crippen LogP) is 3.20. The van der Waals surface area contributed by atoms with Gasteiger partial charge < -0.3 is 10.6 Å². The molecule has 0 aliphatic heterocycles. The summed E-state index contributed by atoms with van der Waals surface area (Å²) < 4.78 is 0.721. The molecule has 1 amide bonds. The topological polar surface area (TPSA) is 84.3 Å². The van der Waals surface area contributed by atoms with Crippen molar-refractivity contribution in [2.75, 3.05) is 18.4 Å².